The van der Waals surface area contributed by atoms with E-state index in [1.165, 1.54) is 39.2 Å². The third-order valence-electron chi connectivity index (χ3n) is 7.83. The van der Waals surface area contributed by atoms with Gasteiger partial charge in [-0.2, -0.15) is 0 Å². The van der Waals surface area contributed by atoms with Crippen molar-refractivity contribution in [3.8, 4) is 0 Å². The maximum atomic E-state index is 2.32. The van der Waals surface area contributed by atoms with Crippen LogP contribution < -0.4 is 9.80 Å². The lowest BCUT2D eigenvalue weighted by molar-refractivity contribution is 0.641. The number of rotatable bonds is 7. The number of hydrogen-bond acceptors (Lipinski definition) is 2. The third-order valence-corrected chi connectivity index (χ3v) is 7.83. The van der Waals surface area contributed by atoms with Crippen molar-refractivity contribution < 1.29 is 0 Å². The van der Waals surface area contributed by atoms with E-state index in [4.69, 9.17) is 0 Å². The van der Waals surface area contributed by atoms with Crippen LogP contribution in [-0.4, -0.2) is 7.05 Å². The molecule has 0 aliphatic rings. The summed E-state index contributed by atoms with van der Waals surface area (Å²) in [5, 5.41) is 0. The van der Waals surface area contributed by atoms with E-state index in [9.17, 15) is 0 Å². The molecule has 2 nitrogen and oxygen atoms in total. The van der Waals surface area contributed by atoms with Gasteiger partial charge < -0.3 is 9.80 Å². The number of benzene rings is 5. The lowest BCUT2D eigenvalue weighted by Crippen LogP contribution is -2.19. The largest absolute Gasteiger partial charge is 0.345 e. The summed E-state index contributed by atoms with van der Waals surface area (Å²) in [6.45, 7) is 11.0. The van der Waals surface area contributed by atoms with E-state index >= 15 is 0 Å². The molecule has 0 saturated carbocycles. The second kappa shape index (κ2) is 10.8. The molecule has 0 heterocycles. The minimum Gasteiger partial charge on any atom is -0.345 e. The summed E-state index contributed by atoms with van der Waals surface area (Å²) >= 11 is 0. The fourth-order valence-electron chi connectivity index (χ4n) is 5.05. The molecule has 39 heavy (non-hydrogen) atoms. The first-order valence-corrected chi connectivity index (χ1v) is 13.7. The summed E-state index contributed by atoms with van der Waals surface area (Å²) in [5.41, 5.74) is 12.1. The Bertz CT molecular complexity index is 1470. The second-order valence-corrected chi connectivity index (χ2v) is 11.1. The van der Waals surface area contributed by atoms with E-state index in [1.54, 1.807) is 0 Å². The van der Waals surface area contributed by atoms with Crippen molar-refractivity contribution in [2.24, 2.45) is 0 Å². The number of aryl methyl sites for hydroxylation is 3. The monoisotopic (exact) mass is 510 g/mol. The maximum Gasteiger partial charge on any atom is 0.0461 e. The second-order valence-electron chi connectivity index (χ2n) is 11.1. The zero-order chi connectivity index (χ0) is 27.6. The van der Waals surface area contributed by atoms with Crippen LogP contribution in [0.15, 0.2) is 121 Å². The van der Waals surface area contributed by atoms with Crippen molar-refractivity contribution in [3.05, 3.63) is 149 Å². The van der Waals surface area contributed by atoms with Gasteiger partial charge in [0, 0.05) is 40.9 Å². The van der Waals surface area contributed by atoms with Gasteiger partial charge in [-0.3, -0.25) is 0 Å². The van der Waals surface area contributed by atoms with Gasteiger partial charge in [0.15, 0.2) is 0 Å². The topological polar surface area (TPSA) is 6.48 Å². The van der Waals surface area contributed by atoms with Gasteiger partial charge in [-0.05, 0) is 92.6 Å². The highest BCUT2D eigenvalue weighted by Crippen LogP contribution is 2.38. The van der Waals surface area contributed by atoms with Gasteiger partial charge in [0.05, 0.1) is 0 Å². The smallest absolute Gasteiger partial charge is 0.0461 e. The van der Waals surface area contributed by atoms with E-state index in [-0.39, 0.29) is 5.41 Å². The lowest BCUT2D eigenvalue weighted by Gasteiger charge is -2.29. The summed E-state index contributed by atoms with van der Waals surface area (Å²) in [4.78, 5) is 4.56. The maximum absolute atomic E-state index is 2.32. The van der Waals surface area contributed by atoms with Crippen LogP contribution in [0.25, 0.3) is 0 Å². The molecule has 0 aliphatic heterocycles. The molecule has 5 aromatic rings. The lowest BCUT2D eigenvalue weighted by atomic mass is 9.78. The quantitative estimate of drug-likeness (QED) is 0.215. The van der Waals surface area contributed by atoms with Gasteiger partial charge in [0.1, 0.15) is 0 Å². The average molecular weight is 511 g/mol. The highest BCUT2D eigenvalue weighted by atomic mass is 15.1. The number of nitrogens with zero attached hydrogens (tertiary/aromatic N) is 2. The zero-order valence-corrected chi connectivity index (χ0v) is 23.9. The highest BCUT2D eigenvalue weighted by molar-refractivity contribution is 5.77. The van der Waals surface area contributed by atoms with Crippen LogP contribution in [0.3, 0.4) is 0 Å². The van der Waals surface area contributed by atoms with Crippen LogP contribution in [0.1, 0.15) is 41.7 Å². The Labute approximate surface area is 234 Å². The highest BCUT2D eigenvalue weighted by Gasteiger charge is 2.24. The van der Waals surface area contributed by atoms with Crippen LogP contribution >= 0.6 is 0 Å². The number of hydrogen-bond donors (Lipinski definition) is 0. The Morgan fingerprint density at radius 1 is 0.385 bits per heavy atom. The molecule has 0 bridgehead atoms. The third kappa shape index (κ3) is 5.61. The summed E-state index contributed by atoms with van der Waals surface area (Å²) in [7, 11) is 2.12. The molecular formula is C37H38N2. The number of anilines is 5. The van der Waals surface area contributed by atoms with Gasteiger partial charge in [-0.1, -0.05) is 91.2 Å². The minimum atomic E-state index is -0.127. The fraction of sp³-hybridized carbons (Fsp3) is 0.189. The molecule has 0 N–H and O–H groups in total. The van der Waals surface area contributed by atoms with Crippen molar-refractivity contribution in [1.29, 1.82) is 0 Å². The van der Waals surface area contributed by atoms with Crippen molar-refractivity contribution in [1.82, 2.24) is 0 Å². The van der Waals surface area contributed by atoms with Crippen LogP contribution in [0.2, 0.25) is 0 Å². The van der Waals surface area contributed by atoms with Crippen LogP contribution in [-0.2, 0) is 5.41 Å². The first-order valence-electron chi connectivity index (χ1n) is 13.7. The van der Waals surface area contributed by atoms with Gasteiger partial charge in [0.2, 0.25) is 0 Å². The van der Waals surface area contributed by atoms with E-state index in [2.05, 4.69) is 173 Å². The molecule has 0 fully saturated rings. The molecule has 0 unspecified atom stereocenters. The van der Waals surface area contributed by atoms with Gasteiger partial charge in [-0.25, -0.2) is 0 Å². The molecule has 0 saturated heterocycles. The molecule has 0 amide bonds. The summed E-state index contributed by atoms with van der Waals surface area (Å²) in [6, 6.07) is 44.2. The Kier molecular flexibility index (Phi) is 7.30. The van der Waals surface area contributed by atoms with E-state index in [0.717, 1.165) is 17.1 Å². The standard InChI is InChI=1S/C37H38N2/c1-27-7-17-32(18-8-27)38(6)33-23-13-30(14-24-33)37(4,5)31-15-25-36(26-16-31)39(34-19-9-28(2)10-20-34)35-21-11-29(3)12-22-35/h7-26H,1-6H3. The van der Waals surface area contributed by atoms with Gasteiger partial charge in [-0.15, -0.1) is 0 Å². The molecule has 0 aromatic heterocycles. The van der Waals surface area contributed by atoms with Crippen LogP contribution in [0.5, 0.6) is 0 Å². The van der Waals surface area contributed by atoms with Crippen LogP contribution in [0, 0.1) is 20.8 Å². The molecule has 0 spiro atoms. The zero-order valence-electron chi connectivity index (χ0n) is 23.9. The van der Waals surface area contributed by atoms with Gasteiger partial charge in [0.25, 0.3) is 0 Å². The van der Waals surface area contributed by atoms with E-state index in [1.807, 2.05) is 0 Å². The van der Waals surface area contributed by atoms with Crippen molar-refractivity contribution in [3.63, 3.8) is 0 Å². The molecular weight excluding hydrogens is 472 g/mol. The van der Waals surface area contributed by atoms with Crippen molar-refractivity contribution >= 4 is 28.4 Å². The summed E-state index contributed by atoms with van der Waals surface area (Å²) in [6.07, 6.45) is 0. The Morgan fingerprint density at radius 2 is 0.641 bits per heavy atom. The van der Waals surface area contributed by atoms with Crippen molar-refractivity contribution in [2.75, 3.05) is 16.8 Å². The first-order chi connectivity index (χ1) is 18.7. The molecule has 196 valence electrons. The van der Waals surface area contributed by atoms with Crippen molar-refractivity contribution in [2.45, 2.75) is 40.0 Å². The van der Waals surface area contributed by atoms with E-state index < -0.39 is 0 Å². The molecule has 0 radical (unpaired) electrons. The minimum absolute atomic E-state index is 0.127. The SMILES string of the molecule is Cc1ccc(N(C)c2ccc(C(C)(C)c3ccc(N(c4ccc(C)cc4)c4ccc(C)cc4)cc3)cc2)cc1. The molecule has 2 heteroatoms. The van der Waals surface area contributed by atoms with E-state index in [0.29, 0.717) is 0 Å². The Morgan fingerprint density at radius 3 is 0.974 bits per heavy atom. The molecule has 0 atom stereocenters. The molecule has 0 aliphatic carbocycles. The summed E-state index contributed by atoms with van der Waals surface area (Å²) < 4.78 is 0. The van der Waals surface area contributed by atoms with Gasteiger partial charge >= 0.3 is 0 Å². The Hall–Kier alpha value is -4.30. The fourth-order valence-corrected chi connectivity index (χ4v) is 5.05. The summed E-state index contributed by atoms with van der Waals surface area (Å²) in [5.74, 6) is 0. The normalized spacial score (nSPS) is 11.3. The Balaban J connectivity index is 1.42. The predicted octanol–water partition coefficient (Wildman–Crippen LogP) is 10.2. The average Bonchev–Trinajstić information content (AvgIpc) is 2.95. The molecule has 5 rings (SSSR count). The molecule has 5 aromatic carbocycles. The predicted molar refractivity (Wildman–Crippen MR) is 168 cm³/mol. The van der Waals surface area contributed by atoms with Crippen LogP contribution in [0.4, 0.5) is 28.4 Å². The first kappa shape index (κ1) is 26.3.